The molecule has 3 N–H and O–H groups in total. The Morgan fingerprint density at radius 1 is 1.47 bits per heavy atom. The van der Waals surface area contributed by atoms with Gasteiger partial charge in [0.25, 0.3) is 0 Å². The zero-order valence-corrected chi connectivity index (χ0v) is 10.1. The van der Waals surface area contributed by atoms with Crippen molar-refractivity contribution >= 4 is 11.8 Å². The minimum Gasteiger partial charge on any atom is -0.394 e. The number of aliphatic hydroxyl groups excluding tert-OH is 1. The molecular weight excluding hydrogens is 224 g/mol. The lowest BCUT2D eigenvalue weighted by Crippen LogP contribution is -2.47. The summed E-state index contributed by atoms with van der Waals surface area (Å²) in [5.41, 5.74) is 0. The van der Waals surface area contributed by atoms with Gasteiger partial charge in [0.1, 0.15) is 0 Å². The van der Waals surface area contributed by atoms with Crippen molar-refractivity contribution in [2.45, 2.75) is 38.3 Å². The first-order valence-electron chi connectivity index (χ1n) is 5.98. The lowest BCUT2D eigenvalue weighted by Gasteiger charge is -2.14. The minimum absolute atomic E-state index is 0.0200. The molecule has 1 aliphatic heterocycles. The standard InChI is InChI=1S/C11H20N2O4/c1-2-8(7-14)13-11(16)10(15)12-6-9-4-3-5-17-9/h8-9,14H,2-7H2,1H3,(H,12,15)(H,13,16). The molecule has 2 unspecified atom stereocenters. The van der Waals surface area contributed by atoms with E-state index >= 15 is 0 Å². The molecule has 1 aliphatic rings. The van der Waals surface area contributed by atoms with Crippen LogP contribution in [0.15, 0.2) is 0 Å². The van der Waals surface area contributed by atoms with Crippen LogP contribution in [-0.2, 0) is 14.3 Å². The second-order valence-corrected chi connectivity index (χ2v) is 4.11. The summed E-state index contributed by atoms with van der Waals surface area (Å²) in [6.07, 6.45) is 2.51. The summed E-state index contributed by atoms with van der Waals surface area (Å²) >= 11 is 0. The van der Waals surface area contributed by atoms with Gasteiger partial charge in [-0.15, -0.1) is 0 Å². The lowest BCUT2D eigenvalue weighted by molar-refractivity contribution is -0.140. The van der Waals surface area contributed by atoms with Gasteiger partial charge in [-0.3, -0.25) is 9.59 Å². The monoisotopic (exact) mass is 244 g/mol. The molecule has 1 saturated heterocycles. The van der Waals surface area contributed by atoms with E-state index in [4.69, 9.17) is 9.84 Å². The molecule has 0 spiro atoms. The average molecular weight is 244 g/mol. The molecule has 0 radical (unpaired) electrons. The van der Waals surface area contributed by atoms with Crippen LogP contribution in [-0.4, -0.2) is 48.8 Å². The Hall–Kier alpha value is -1.14. The Morgan fingerprint density at radius 3 is 2.76 bits per heavy atom. The fraction of sp³-hybridized carbons (Fsp3) is 0.818. The number of hydrogen-bond donors (Lipinski definition) is 3. The van der Waals surface area contributed by atoms with Gasteiger partial charge in [-0.2, -0.15) is 0 Å². The molecule has 1 rings (SSSR count). The van der Waals surface area contributed by atoms with Gasteiger partial charge in [-0.25, -0.2) is 0 Å². The largest absolute Gasteiger partial charge is 0.394 e. The molecule has 17 heavy (non-hydrogen) atoms. The lowest BCUT2D eigenvalue weighted by atomic mass is 10.2. The molecule has 2 atom stereocenters. The summed E-state index contributed by atoms with van der Waals surface area (Å²) in [5.74, 6) is -1.38. The Labute approximate surface area is 101 Å². The Bertz CT molecular complexity index is 260. The zero-order chi connectivity index (χ0) is 12.7. The van der Waals surface area contributed by atoms with E-state index in [1.165, 1.54) is 0 Å². The van der Waals surface area contributed by atoms with E-state index in [-0.39, 0.29) is 18.8 Å². The molecule has 0 bridgehead atoms. The number of ether oxygens (including phenoxy) is 1. The number of amides is 2. The molecule has 2 amide bonds. The third-order valence-corrected chi connectivity index (χ3v) is 2.77. The first-order chi connectivity index (χ1) is 8.17. The van der Waals surface area contributed by atoms with Crippen LogP contribution in [0.3, 0.4) is 0 Å². The summed E-state index contributed by atoms with van der Waals surface area (Å²) < 4.78 is 5.32. The van der Waals surface area contributed by atoms with E-state index in [1.807, 2.05) is 6.92 Å². The molecule has 6 heteroatoms. The molecule has 0 aromatic rings. The van der Waals surface area contributed by atoms with Gasteiger partial charge in [0.15, 0.2) is 0 Å². The number of hydrogen-bond acceptors (Lipinski definition) is 4. The van der Waals surface area contributed by atoms with E-state index in [0.717, 1.165) is 19.4 Å². The number of rotatable bonds is 5. The van der Waals surface area contributed by atoms with Gasteiger partial charge in [0.2, 0.25) is 0 Å². The van der Waals surface area contributed by atoms with E-state index in [2.05, 4.69) is 10.6 Å². The van der Waals surface area contributed by atoms with Crippen LogP contribution < -0.4 is 10.6 Å². The maximum absolute atomic E-state index is 11.4. The third kappa shape index (κ3) is 4.70. The predicted molar refractivity (Wildman–Crippen MR) is 61.3 cm³/mol. The van der Waals surface area contributed by atoms with Crippen molar-refractivity contribution in [2.75, 3.05) is 19.8 Å². The summed E-state index contributed by atoms with van der Waals surface area (Å²) in [7, 11) is 0. The van der Waals surface area contributed by atoms with Gasteiger partial charge in [-0.1, -0.05) is 6.92 Å². The Morgan fingerprint density at radius 2 is 2.24 bits per heavy atom. The molecule has 6 nitrogen and oxygen atoms in total. The van der Waals surface area contributed by atoms with Crippen molar-refractivity contribution < 1.29 is 19.4 Å². The number of carbonyl (C=O) groups excluding carboxylic acids is 2. The number of nitrogens with one attached hydrogen (secondary N) is 2. The maximum Gasteiger partial charge on any atom is 0.309 e. The van der Waals surface area contributed by atoms with Crippen LogP contribution >= 0.6 is 0 Å². The van der Waals surface area contributed by atoms with Gasteiger partial charge in [0.05, 0.1) is 18.8 Å². The highest BCUT2D eigenvalue weighted by Crippen LogP contribution is 2.10. The van der Waals surface area contributed by atoms with E-state index in [9.17, 15) is 9.59 Å². The minimum atomic E-state index is -0.705. The van der Waals surface area contributed by atoms with Gasteiger partial charge >= 0.3 is 11.8 Å². The maximum atomic E-state index is 11.4. The highest BCUT2D eigenvalue weighted by atomic mass is 16.5. The second kappa shape index (κ2) is 7.24. The normalized spacial score (nSPS) is 20.9. The topological polar surface area (TPSA) is 87.7 Å². The van der Waals surface area contributed by atoms with Crippen LogP contribution in [0.1, 0.15) is 26.2 Å². The Balaban J connectivity index is 2.23. The third-order valence-electron chi connectivity index (χ3n) is 2.77. The zero-order valence-electron chi connectivity index (χ0n) is 10.1. The summed E-state index contributed by atoms with van der Waals surface area (Å²) in [6.45, 7) is 2.74. The SMILES string of the molecule is CCC(CO)NC(=O)C(=O)NCC1CCCO1. The molecule has 0 aliphatic carbocycles. The molecule has 0 saturated carbocycles. The number of aliphatic hydroxyl groups is 1. The van der Waals surface area contributed by atoms with E-state index in [1.54, 1.807) is 0 Å². The predicted octanol–water partition coefficient (Wildman–Crippen LogP) is -0.831. The van der Waals surface area contributed by atoms with Crippen molar-refractivity contribution in [3.63, 3.8) is 0 Å². The molecule has 1 fully saturated rings. The van der Waals surface area contributed by atoms with Crippen LogP contribution in [0.5, 0.6) is 0 Å². The van der Waals surface area contributed by atoms with Crippen LogP contribution in [0.2, 0.25) is 0 Å². The average Bonchev–Trinajstić information content (AvgIpc) is 2.85. The quantitative estimate of drug-likeness (QED) is 0.551. The first-order valence-corrected chi connectivity index (χ1v) is 5.98. The second-order valence-electron chi connectivity index (χ2n) is 4.11. The van der Waals surface area contributed by atoms with Gasteiger partial charge in [0, 0.05) is 13.2 Å². The summed E-state index contributed by atoms with van der Waals surface area (Å²) in [6, 6.07) is -0.365. The van der Waals surface area contributed by atoms with Crippen molar-refractivity contribution in [2.24, 2.45) is 0 Å². The first kappa shape index (κ1) is 13.9. The molecule has 1 heterocycles. The van der Waals surface area contributed by atoms with Crippen LogP contribution in [0.25, 0.3) is 0 Å². The fourth-order valence-electron chi connectivity index (χ4n) is 1.62. The number of carbonyl (C=O) groups is 2. The van der Waals surface area contributed by atoms with Gasteiger partial charge in [-0.05, 0) is 19.3 Å². The summed E-state index contributed by atoms with van der Waals surface area (Å²) in [5, 5.41) is 13.9. The Kier molecular flexibility index (Phi) is 5.93. The smallest absolute Gasteiger partial charge is 0.309 e. The summed E-state index contributed by atoms with van der Waals surface area (Å²) in [4.78, 5) is 22.8. The van der Waals surface area contributed by atoms with Gasteiger partial charge < -0.3 is 20.5 Å². The molecule has 0 aromatic carbocycles. The van der Waals surface area contributed by atoms with Crippen molar-refractivity contribution in [1.29, 1.82) is 0 Å². The highest BCUT2D eigenvalue weighted by molar-refractivity contribution is 6.35. The van der Waals surface area contributed by atoms with Crippen molar-refractivity contribution in [3.8, 4) is 0 Å². The van der Waals surface area contributed by atoms with Crippen molar-refractivity contribution in [1.82, 2.24) is 10.6 Å². The van der Waals surface area contributed by atoms with Crippen LogP contribution in [0, 0.1) is 0 Å². The van der Waals surface area contributed by atoms with E-state index < -0.39 is 11.8 Å². The van der Waals surface area contributed by atoms with Crippen molar-refractivity contribution in [3.05, 3.63) is 0 Å². The van der Waals surface area contributed by atoms with Crippen LogP contribution in [0.4, 0.5) is 0 Å². The molecular formula is C11H20N2O4. The molecule has 0 aromatic heterocycles. The highest BCUT2D eigenvalue weighted by Gasteiger charge is 2.20. The molecule has 98 valence electrons. The fourth-order valence-corrected chi connectivity index (χ4v) is 1.62. The van der Waals surface area contributed by atoms with E-state index in [0.29, 0.717) is 13.0 Å².